The minimum Gasteiger partial charge on any atom is -0.394 e. The summed E-state index contributed by atoms with van der Waals surface area (Å²) in [6.45, 7) is -0.200. The van der Waals surface area contributed by atoms with Crippen LogP contribution < -0.4 is 5.73 Å². The molecule has 7 heteroatoms. The maximum Gasteiger partial charge on any atom is 0.147 e. The summed E-state index contributed by atoms with van der Waals surface area (Å²) in [5, 5.41) is 19.6. The van der Waals surface area contributed by atoms with Gasteiger partial charge in [0.15, 0.2) is 0 Å². The van der Waals surface area contributed by atoms with Gasteiger partial charge in [-0.15, -0.1) is 0 Å². The second kappa shape index (κ2) is 4.20. The van der Waals surface area contributed by atoms with Crippen LogP contribution in [0.15, 0.2) is 18.6 Å². The summed E-state index contributed by atoms with van der Waals surface area (Å²) in [6, 6.07) is 1.81. The lowest BCUT2D eigenvalue weighted by Gasteiger charge is -2.14. The maximum atomic E-state index is 9.73. The van der Waals surface area contributed by atoms with Gasteiger partial charge < -0.3 is 25.3 Å². The summed E-state index contributed by atoms with van der Waals surface area (Å²) >= 11 is 0. The predicted molar refractivity (Wildman–Crippen MR) is 63.6 cm³/mol. The minimum absolute atomic E-state index is 0.200. The van der Waals surface area contributed by atoms with Gasteiger partial charge in [-0.05, 0) is 6.07 Å². The van der Waals surface area contributed by atoms with Crippen molar-refractivity contribution >= 4 is 16.9 Å². The van der Waals surface area contributed by atoms with Crippen LogP contribution in [0.3, 0.4) is 0 Å². The molecular weight excluding hydrogens is 236 g/mol. The number of nitrogens with two attached hydrogens (primary N) is 1. The van der Waals surface area contributed by atoms with Crippen LogP contribution >= 0.6 is 0 Å². The number of aliphatic hydroxyl groups excluding tert-OH is 2. The van der Waals surface area contributed by atoms with Gasteiger partial charge in [-0.1, -0.05) is 0 Å². The second-order valence-electron chi connectivity index (χ2n) is 4.33. The van der Waals surface area contributed by atoms with E-state index in [4.69, 9.17) is 15.6 Å². The maximum absolute atomic E-state index is 9.73. The zero-order valence-corrected chi connectivity index (χ0v) is 9.60. The molecule has 0 bridgehead atoms. The van der Waals surface area contributed by atoms with Crippen LogP contribution in [0.1, 0.15) is 12.6 Å². The normalized spacial score (nSPS) is 28.0. The van der Waals surface area contributed by atoms with E-state index >= 15 is 0 Å². The molecule has 3 rings (SSSR count). The van der Waals surface area contributed by atoms with E-state index in [9.17, 15) is 5.11 Å². The number of aliphatic hydroxyl groups is 2. The average molecular weight is 250 g/mol. The monoisotopic (exact) mass is 250 g/mol. The zero-order valence-electron chi connectivity index (χ0n) is 9.60. The molecule has 2 aromatic heterocycles. The fraction of sp³-hybridized carbons (Fsp3) is 0.455. The van der Waals surface area contributed by atoms with E-state index < -0.39 is 12.2 Å². The molecule has 0 radical (unpaired) electrons. The smallest absolute Gasteiger partial charge is 0.147 e. The molecule has 7 nitrogen and oxygen atoms in total. The van der Waals surface area contributed by atoms with Crippen molar-refractivity contribution in [2.75, 3.05) is 12.3 Å². The van der Waals surface area contributed by atoms with E-state index in [0.29, 0.717) is 17.9 Å². The molecule has 18 heavy (non-hydrogen) atoms. The molecule has 0 saturated carbocycles. The molecule has 3 heterocycles. The van der Waals surface area contributed by atoms with Gasteiger partial charge in [0.25, 0.3) is 0 Å². The van der Waals surface area contributed by atoms with E-state index in [-0.39, 0.29) is 12.8 Å². The quantitative estimate of drug-likeness (QED) is 0.673. The molecule has 0 amide bonds. The summed E-state index contributed by atoms with van der Waals surface area (Å²) in [6.07, 6.45) is 2.04. The van der Waals surface area contributed by atoms with Gasteiger partial charge in [0, 0.05) is 12.6 Å². The first-order valence-electron chi connectivity index (χ1n) is 5.72. The van der Waals surface area contributed by atoms with Crippen molar-refractivity contribution < 1.29 is 14.9 Å². The molecule has 0 aromatic carbocycles. The topological polar surface area (TPSA) is 106 Å². The SMILES string of the molecule is Nc1ncnc2c1ccn2[C@H]1CC(O)[C@@H](CO)O1. The first-order valence-corrected chi connectivity index (χ1v) is 5.72. The Morgan fingerprint density at radius 2 is 2.33 bits per heavy atom. The highest BCUT2D eigenvalue weighted by Crippen LogP contribution is 2.31. The van der Waals surface area contributed by atoms with Crippen molar-refractivity contribution in [3.8, 4) is 0 Å². The number of nitrogens with zero attached hydrogens (tertiary/aromatic N) is 3. The van der Waals surface area contributed by atoms with E-state index in [1.165, 1.54) is 6.33 Å². The van der Waals surface area contributed by atoms with Crippen molar-refractivity contribution in [1.82, 2.24) is 14.5 Å². The molecule has 1 fully saturated rings. The van der Waals surface area contributed by atoms with Crippen molar-refractivity contribution in [2.24, 2.45) is 0 Å². The van der Waals surface area contributed by atoms with Gasteiger partial charge in [0.05, 0.1) is 18.1 Å². The van der Waals surface area contributed by atoms with Crippen LogP contribution in [0.2, 0.25) is 0 Å². The molecule has 3 atom stereocenters. The van der Waals surface area contributed by atoms with Crippen molar-refractivity contribution in [2.45, 2.75) is 24.9 Å². The summed E-state index contributed by atoms with van der Waals surface area (Å²) in [7, 11) is 0. The van der Waals surface area contributed by atoms with Gasteiger partial charge >= 0.3 is 0 Å². The Bertz CT molecular complexity index is 570. The summed E-state index contributed by atoms with van der Waals surface area (Å²) in [5.41, 5.74) is 6.42. The Hall–Kier alpha value is -1.70. The Morgan fingerprint density at radius 3 is 3.06 bits per heavy atom. The Morgan fingerprint density at radius 1 is 1.50 bits per heavy atom. The van der Waals surface area contributed by atoms with Crippen molar-refractivity contribution in [3.63, 3.8) is 0 Å². The first kappa shape index (κ1) is 11.4. The van der Waals surface area contributed by atoms with E-state index in [0.717, 1.165) is 5.39 Å². The zero-order chi connectivity index (χ0) is 12.7. The third kappa shape index (κ3) is 1.64. The van der Waals surface area contributed by atoms with Crippen LogP contribution in [-0.2, 0) is 4.74 Å². The molecule has 0 aliphatic carbocycles. The van der Waals surface area contributed by atoms with Crippen molar-refractivity contribution in [1.29, 1.82) is 0 Å². The molecule has 1 aliphatic rings. The molecule has 4 N–H and O–H groups in total. The third-order valence-electron chi connectivity index (χ3n) is 3.23. The molecule has 0 spiro atoms. The Balaban J connectivity index is 1.99. The lowest BCUT2D eigenvalue weighted by atomic mass is 10.2. The van der Waals surface area contributed by atoms with Crippen LogP contribution in [0.25, 0.3) is 11.0 Å². The largest absolute Gasteiger partial charge is 0.394 e. The van der Waals surface area contributed by atoms with Gasteiger partial charge in [-0.2, -0.15) is 0 Å². The number of ether oxygens (including phenoxy) is 1. The summed E-state index contributed by atoms with van der Waals surface area (Å²) in [4.78, 5) is 8.09. The van der Waals surface area contributed by atoms with E-state index in [2.05, 4.69) is 9.97 Å². The summed E-state index contributed by atoms with van der Waals surface area (Å²) in [5.74, 6) is 0.413. The Labute approximate surface area is 103 Å². The molecule has 1 aliphatic heterocycles. The molecular formula is C11H14N4O3. The lowest BCUT2D eigenvalue weighted by molar-refractivity contribution is -0.0430. The number of hydrogen-bond acceptors (Lipinski definition) is 6. The van der Waals surface area contributed by atoms with Gasteiger partial charge in [-0.3, -0.25) is 0 Å². The lowest BCUT2D eigenvalue weighted by Crippen LogP contribution is -2.24. The van der Waals surface area contributed by atoms with E-state index in [1.54, 1.807) is 10.8 Å². The third-order valence-corrected chi connectivity index (χ3v) is 3.23. The minimum atomic E-state index is -0.670. The highest BCUT2D eigenvalue weighted by molar-refractivity contribution is 5.86. The number of fused-ring (bicyclic) bond motifs is 1. The highest BCUT2D eigenvalue weighted by Gasteiger charge is 2.34. The predicted octanol–water partition coefficient (Wildman–Crippen LogP) is -0.346. The fourth-order valence-electron chi connectivity index (χ4n) is 2.27. The number of aromatic nitrogens is 3. The fourth-order valence-corrected chi connectivity index (χ4v) is 2.27. The molecule has 1 saturated heterocycles. The summed E-state index contributed by atoms with van der Waals surface area (Å²) < 4.78 is 7.37. The van der Waals surface area contributed by atoms with Crippen LogP contribution in [-0.4, -0.2) is 43.6 Å². The number of hydrogen-bond donors (Lipinski definition) is 3. The van der Waals surface area contributed by atoms with E-state index in [1.807, 2.05) is 6.07 Å². The van der Waals surface area contributed by atoms with Gasteiger partial charge in [0.1, 0.15) is 30.1 Å². The number of nitrogen functional groups attached to an aromatic ring is 1. The van der Waals surface area contributed by atoms with Crippen LogP contribution in [0, 0.1) is 0 Å². The standard InChI is InChI=1S/C11H14N4O3/c12-10-6-1-2-15(11(6)14-5-13-10)9-3-7(17)8(4-16)18-9/h1-2,5,7-9,16-17H,3-4H2,(H2,12,13,14)/t7?,8-,9-/m1/s1. The molecule has 1 unspecified atom stereocenters. The van der Waals surface area contributed by atoms with Crippen LogP contribution in [0.5, 0.6) is 0 Å². The molecule has 2 aromatic rings. The highest BCUT2D eigenvalue weighted by atomic mass is 16.5. The second-order valence-corrected chi connectivity index (χ2v) is 4.33. The van der Waals surface area contributed by atoms with Crippen LogP contribution in [0.4, 0.5) is 5.82 Å². The first-order chi connectivity index (χ1) is 8.70. The average Bonchev–Trinajstić information content (AvgIpc) is 2.93. The number of anilines is 1. The van der Waals surface area contributed by atoms with Gasteiger partial charge in [0.2, 0.25) is 0 Å². The van der Waals surface area contributed by atoms with Gasteiger partial charge in [-0.25, -0.2) is 9.97 Å². The van der Waals surface area contributed by atoms with Crippen molar-refractivity contribution in [3.05, 3.63) is 18.6 Å². The Kier molecular flexibility index (Phi) is 2.66. The number of rotatable bonds is 2. The molecule has 96 valence electrons.